The molecule has 1 aromatic carbocycles. The quantitative estimate of drug-likeness (QED) is 0.127. The number of benzene rings is 1. The van der Waals surface area contributed by atoms with Crippen molar-refractivity contribution in [2.75, 3.05) is 19.8 Å². The Morgan fingerprint density at radius 3 is 1.32 bits per heavy atom. The second-order valence-electron chi connectivity index (χ2n) is 19.1. The first-order valence-electron chi connectivity index (χ1n) is 25.4. The molecule has 0 saturated carbocycles. The topological polar surface area (TPSA) is 366 Å². The number of ether oxygens (including phenoxy) is 18. The van der Waals surface area contributed by atoms with Crippen molar-refractivity contribution in [3.05, 3.63) is 35.9 Å². The third-order valence-electron chi connectivity index (χ3n) is 12.5. The Kier molecular flexibility index (Phi) is 22.0. The highest BCUT2D eigenvalue weighted by molar-refractivity contribution is 5.89. The van der Waals surface area contributed by atoms with Gasteiger partial charge < -0.3 is 90.6 Å². The van der Waals surface area contributed by atoms with Gasteiger partial charge >= 0.3 is 59.7 Å². The normalized spacial score (nSPS) is 34.1. The number of nitrogens with one attached hydrogen (secondary N) is 1. The predicted octanol–water partition coefficient (Wildman–Crippen LogP) is -0.530. The van der Waals surface area contributed by atoms with Crippen molar-refractivity contribution >= 4 is 65.6 Å². The molecule has 5 saturated heterocycles. The summed E-state index contributed by atoms with van der Waals surface area (Å²) in [5.41, 5.74) is 0.0612. The molecule has 5 aliphatic rings. The molecule has 0 aromatic heterocycles. The first-order valence-corrected chi connectivity index (χ1v) is 25.4. The molecule has 1 amide bonds. The van der Waals surface area contributed by atoms with Crippen LogP contribution in [0.15, 0.2) is 30.3 Å². The molecule has 0 spiro atoms. The summed E-state index contributed by atoms with van der Waals surface area (Å²) in [6.45, 7) is 9.73. The second-order valence-corrected chi connectivity index (χ2v) is 19.1. The monoisotopic (exact) mass is 1160 g/mol. The molecule has 30 heteroatoms. The van der Waals surface area contributed by atoms with Crippen molar-refractivity contribution in [3.63, 3.8) is 0 Å². The molecule has 0 aliphatic carbocycles. The fourth-order valence-electron chi connectivity index (χ4n) is 9.63. The highest BCUT2D eigenvalue weighted by atomic mass is 16.8. The minimum absolute atomic E-state index is 0.0612. The number of hydrogen-bond donors (Lipinski definition) is 1. The Balaban J connectivity index is 1.60. The van der Waals surface area contributed by atoms with Crippen molar-refractivity contribution in [1.29, 1.82) is 0 Å². The minimum Gasteiger partial charge on any atom is -0.463 e. The Morgan fingerprint density at radius 1 is 0.432 bits per heavy atom. The summed E-state index contributed by atoms with van der Waals surface area (Å²) >= 11 is 0. The summed E-state index contributed by atoms with van der Waals surface area (Å²) in [6.07, 6.45) is -33.2. The van der Waals surface area contributed by atoms with E-state index in [0.717, 1.165) is 62.3 Å². The van der Waals surface area contributed by atoms with Gasteiger partial charge in [-0.15, -0.1) is 0 Å². The second kappa shape index (κ2) is 28.2. The van der Waals surface area contributed by atoms with E-state index in [4.69, 9.17) is 85.3 Å². The Hall–Kier alpha value is -6.93. The number of carbonyl (C=O) groups is 11. The third-order valence-corrected chi connectivity index (χ3v) is 12.5. The van der Waals surface area contributed by atoms with E-state index < -0.39 is 202 Å². The Labute approximate surface area is 462 Å². The lowest BCUT2D eigenvalue weighted by Crippen LogP contribution is -2.70. The van der Waals surface area contributed by atoms with Gasteiger partial charge in [-0.25, -0.2) is 4.79 Å². The van der Waals surface area contributed by atoms with Gasteiger partial charge in [-0.3, -0.25) is 47.9 Å². The third kappa shape index (κ3) is 16.8. The van der Waals surface area contributed by atoms with Gasteiger partial charge in [0.25, 0.3) is 0 Å². The standard InChI is InChI=1S/C51H65NO29/c1-20-36(68-24(5)56)41(71-27(8)59)44(73-29(10)61)49(67-20)81-46-43(80-50-45(74-30(11)62)42(72-28(9)60)38(69-25(6)57)32(76-50)17-64-22(3)54)39(70-26(7)58)33(18-65-23(4)55)77-51(46)79-37-34-19-66-48(75-34)35(52-21(2)53)40(37)78-47(63)31-15-13-12-14-16-31/h12-16,20,32-46,48-51H,17-19H2,1-11H3,(H,52,53)/t20-,32+,33+,34+,35+,36+,37+,38-,39-,40+,41+,42-,43-,44-,45+,46+,48+,49+,50-,51-/m0/s1. The highest BCUT2D eigenvalue weighted by Crippen LogP contribution is 2.41. The smallest absolute Gasteiger partial charge is 0.338 e. The van der Waals surface area contributed by atoms with Gasteiger partial charge in [0.05, 0.1) is 18.3 Å². The fraction of sp³-hybridized carbons (Fsp3) is 0.667. The average Bonchev–Trinajstić information content (AvgIpc) is 3.85. The summed E-state index contributed by atoms with van der Waals surface area (Å²) in [5.74, 6) is -10.3. The van der Waals surface area contributed by atoms with E-state index in [1.54, 1.807) is 18.2 Å². The number of esters is 10. The Morgan fingerprint density at radius 2 is 0.840 bits per heavy atom. The predicted molar refractivity (Wildman–Crippen MR) is 256 cm³/mol. The van der Waals surface area contributed by atoms with E-state index in [1.165, 1.54) is 26.0 Å². The summed E-state index contributed by atoms with van der Waals surface area (Å²) in [6, 6.07) is 6.36. The lowest BCUT2D eigenvalue weighted by atomic mass is 9.94. The summed E-state index contributed by atoms with van der Waals surface area (Å²) < 4.78 is 108. The van der Waals surface area contributed by atoms with Crippen LogP contribution in [0.2, 0.25) is 0 Å². The van der Waals surface area contributed by atoms with E-state index in [9.17, 15) is 52.7 Å². The maximum Gasteiger partial charge on any atom is 0.338 e. The van der Waals surface area contributed by atoms with Gasteiger partial charge in [0.2, 0.25) is 5.91 Å². The number of rotatable bonds is 20. The number of fused-ring (bicyclic) bond motifs is 2. The van der Waals surface area contributed by atoms with E-state index in [-0.39, 0.29) is 12.2 Å². The Bertz CT molecular complexity index is 2470. The van der Waals surface area contributed by atoms with Gasteiger partial charge in [-0.05, 0) is 19.1 Å². The maximum atomic E-state index is 14.0. The van der Waals surface area contributed by atoms with Crippen LogP contribution in [0.25, 0.3) is 0 Å². The van der Waals surface area contributed by atoms with Crippen molar-refractivity contribution in [2.24, 2.45) is 0 Å². The summed E-state index contributed by atoms with van der Waals surface area (Å²) in [5, 5.41) is 2.67. The molecule has 2 bridgehead atoms. The van der Waals surface area contributed by atoms with Crippen LogP contribution in [0.1, 0.15) is 86.5 Å². The van der Waals surface area contributed by atoms with Crippen LogP contribution in [-0.4, -0.2) is 208 Å². The van der Waals surface area contributed by atoms with Gasteiger partial charge in [-0.1, -0.05) is 18.2 Å². The lowest BCUT2D eigenvalue weighted by Gasteiger charge is -2.51. The lowest BCUT2D eigenvalue weighted by molar-refractivity contribution is -0.399. The van der Waals surface area contributed by atoms with Gasteiger partial charge in [0, 0.05) is 69.2 Å². The largest absolute Gasteiger partial charge is 0.463 e. The molecule has 5 heterocycles. The minimum atomic E-state index is -2.13. The van der Waals surface area contributed by atoms with Gasteiger partial charge in [0.1, 0.15) is 55.9 Å². The van der Waals surface area contributed by atoms with Crippen LogP contribution in [-0.2, 0) is 133 Å². The molecule has 6 rings (SSSR count). The molecule has 5 aliphatic heterocycles. The van der Waals surface area contributed by atoms with E-state index in [1.807, 2.05) is 0 Å². The molecular weight excluding hydrogens is 1090 g/mol. The molecule has 1 N–H and O–H groups in total. The highest BCUT2D eigenvalue weighted by Gasteiger charge is 2.62. The molecular formula is C51H65NO29. The molecule has 1 aromatic rings. The van der Waals surface area contributed by atoms with Crippen LogP contribution in [0.5, 0.6) is 0 Å². The zero-order valence-electron chi connectivity index (χ0n) is 45.9. The van der Waals surface area contributed by atoms with Gasteiger partial charge in [0.15, 0.2) is 74.0 Å². The van der Waals surface area contributed by atoms with E-state index >= 15 is 0 Å². The van der Waals surface area contributed by atoms with Crippen LogP contribution < -0.4 is 5.32 Å². The zero-order valence-corrected chi connectivity index (χ0v) is 45.9. The van der Waals surface area contributed by atoms with Gasteiger partial charge in [-0.2, -0.15) is 0 Å². The van der Waals surface area contributed by atoms with Crippen LogP contribution in [0.4, 0.5) is 0 Å². The van der Waals surface area contributed by atoms with Crippen molar-refractivity contribution in [2.45, 2.75) is 199 Å². The first kappa shape index (κ1) is 63.3. The number of amides is 1. The molecule has 0 radical (unpaired) electrons. The number of hydrogen-bond acceptors (Lipinski definition) is 29. The van der Waals surface area contributed by atoms with E-state index in [2.05, 4.69) is 5.32 Å². The average molecular weight is 1160 g/mol. The van der Waals surface area contributed by atoms with Crippen molar-refractivity contribution in [3.8, 4) is 0 Å². The SMILES string of the molecule is CC(=O)N[C@H]1[C@@H]2OC[C@@H](O2)[C@@H](O[C@@H]2O[C@H](COC(C)=O)[C@H](OC(C)=O)[C@H](O[C@@H]3O[C@H](COC(C)=O)[C@H](OC(C)=O)[C@H](OC(C)=O)[C@H]3OC(C)=O)[C@H]2O[C@H]2O[C@@H](C)[C@@H](OC(C)=O)[C@@H](OC(C)=O)[C@@H]2OC(C)=O)[C@@H]1OC(=O)c1ccccc1. The number of carbonyl (C=O) groups excluding carboxylic acids is 11. The molecule has 5 fully saturated rings. The van der Waals surface area contributed by atoms with Crippen LogP contribution >= 0.6 is 0 Å². The first-order chi connectivity index (χ1) is 38.2. The molecule has 20 atom stereocenters. The van der Waals surface area contributed by atoms with Crippen molar-refractivity contribution in [1.82, 2.24) is 5.32 Å². The molecule has 30 nitrogen and oxygen atoms in total. The van der Waals surface area contributed by atoms with Crippen LogP contribution in [0.3, 0.4) is 0 Å². The van der Waals surface area contributed by atoms with E-state index in [0.29, 0.717) is 0 Å². The maximum absolute atomic E-state index is 14.0. The molecule has 448 valence electrons. The zero-order chi connectivity index (χ0) is 59.6. The fourth-order valence-corrected chi connectivity index (χ4v) is 9.63. The molecule has 0 unspecified atom stereocenters. The van der Waals surface area contributed by atoms with Crippen LogP contribution in [0, 0.1) is 0 Å². The summed E-state index contributed by atoms with van der Waals surface area (Å²) in [7, 11) is 0. The summed E-state index contributed by atoms with van der Waals surface area (Å²) in [4.78, 5) is 142. The molecule has 81 heavy (non-hydrogen) atoms. The van der Waals surface area contributed by atoms with Crippen molar-refractivity contribution < 1.29 is 138 Å².